The molecular weight excluding hydrogens is 308 g/mol. The molecule has 2 heteroatoms. The van der Waals surface area contributed by atoms with Crippen molar-refractivity contribution in [2.45, 2.75) is 18.4 Å². The second-order valence-electron chi connectivity index (χ2n) is 6.39. The summed E-state index contributed by atoms with van der Waals surface area (Å²) in [5, 5.41) is 0. The second kappa shape index (κ2) is 6.66. The van der Waals surface area contributed by atoms with Gasteiger partial charge in [0.2, 0.25) is 0 Å². The zero-order valence-corrected chi connectivity index (χ0v) is 14.0. The summed E-state index contributed by atoms with van der Waals surface area (Å²) in [4.78, 5) is 13.1. The van der Waals surface area contributed by atoms with E-state index in [0.29, 0.717) is 12.2 Å². The molecule has 1 saturated heterocycles. The summed E-state index contributed by atoms with van der Waals surface area (Å²) >= 11 is 0. The molecule has 2 nitrogen and oxygen atoms in total. The summed E-state index contributed by atoms with van der Waals surface area (Å²) < 4.78 is 6.29. The molecule has 25 heavy (non-hydrogen) atoms. The van der Waals surface area contributed by atoms with E-state index < -0.39 is 5.60 Å². The summed E-state index contributed by atoms with van der Waals surface area (Å²) in [6.45, 7) is 0.711. The molecule has 3 aromatic rings. The van der Waals surface area contributed by atoms with Crippen LogP contribution in [-0.2, 0) is 10.3 Å². The van der Waals surface area contributed by atoms with Crippen molar-refractivity contribution in [1.29, 1.82) is 0 Å². The van der Waals surface area contributed by atoms with Crippen molar-refractivity contribution in [3.05, 3.63) is 107 Å². The maximum Gasteiger partial charge on any atom is 0.193 e. The van der Waals surface area contributed by atoms with Gasteiger partial charge in [-0.3, -0.25) is 4.79 Å². The third kappa shape index (κ3) is 2.79. The third-order valence-corrected chi connectivity index (χ3v) is 4.90. The standard InChI is InChI=1S/C23H20O2/c24-22(18-10-3-1-4-11-18)20-14-7-8-15-21(20)23(16-9-17-25-23)19-12-5-2-6-13-19/h1-8,10-15H,9,16-17H2. The Kier molecular flexibility index (Phi) is 4.21. The fourth-order valence-electron chi connectivity index (χ4n) is 3.72. The van der Waals surface area contributed by atoms with Crippen LogP contribution in [0.1, 0.15) is 39.9 Å². The van der Waals surface area contributed by atoms with Crippen LogP contribution in [0.3, 0.4) is 0 Å². The summed E-state index contributed by atoms with van der Waals surface area (Å²) in [6.07, 6.45) is 1.87. The van der Waals surface area contributed by atoms with Crippen LogP contribution in [0.5, 0.6) is 0 Å². The molecule has 0 N–H and O–H groups in total. The number of hydrogen-bond acceptors (Lipinski definition) is 2. The normalized spacial score (nSPS) is 19.7. The number of ether oxygens (including phenoxy) is 1. The van der Waals surface area contributed by atoms with Crippen LogP contribution < -0.4 is 0 Å². The van der Waals surface area contributed by atoms with Crippen molar-refractivity contribution >= 4 is 5.78 Å². The fraction of sp³-hybridized carbons (Fsp3) is 0.174. The lowest BCUT2D eigenvalue weighted by molar-refractivity contribution is 0.0352. The predicted octanol–water partition coefficient (Wildman–Crippen LogP) is 4.97. The van der Waals surface area contributed by atoms with E-state index in [-0.39, 0.29) is 5.78 Å². The van der Waals surface area contributed by atoms with E-state index in [1.54, 1.807) is 0 Å². The van der Waals surface area contributed by atoms with Crippen molar-refractivity contribution in [3.8, 4) is 0 Å². The van der Waals surface area contributed by atoms with E-state index in [9.17, 15) is 4.79 Å². The van der Waals surface area contributed by atoms with Gasteiger partial charge >= 0.3 is 0 Å². The molecule has 1 aliphatic rings. The second-order valence-corrected chi connectivity index (χ2v) is 6.39. The van der Waals surface area contributed by atoms with Crippen LogP contribution in [0.4, 0.5) is 0 Å². The minimum absolute atomic E-state index is 0.0435. The zero-order chi connectivity index (χ0) is 17.1. The molecule has 0 aliphatic carbocycles. The van der Waals surface area contributed by atoms with E-state index in [4.69, 9.17) is 4.74 Å². The van der Waals surface area contributed by atoms with Crippen molar-refractivity contribution in [3.63, 3.8) is 0 Å². The first kappa shape index (κ1) is 15.8. The molecule has 124 valence electrons. The average Bonchev–Trinajstić information content (AvgIpc) is 3.20. The van der Waals surface area contributed by atoms with E-state index in [1.807, 2.05) is 72.8 Å². The maximum absolute atomic E-state index is 13.1. The highest BCUT2D eigenvalue weighted by atomic mass is 16.5. The molecule has 0 saturated carbocycles. The average molecular weight is 328 g/mol. The largest absolute Gasteiger partial charge is 0.366 e. The topological polar surface area (TPSA) is 26.3 Å². The van der Waals surface area contributed by atoms with Gasteiger partial charge in [-0.1, -0.05) is 84.9 Å². The van der Waals surface area contributed by atoms with Crippen LogP contribution >= 0.6 is 0 Å². The van der Waals surface area contributed by atoms with Gasteiger partial charge < -0.3 is 4.74 Å². The highest BCUT2D eigenvalue weighted by Gasteiger charge is 2.41. The van der Waals surface area contributed by atoms with Crippen LogP contribution in [0.15, 0.2) is 84.9 Å². The molecule has 1 heterocycles. The van der Waals surface area contributed by atoms with Crippen molar-refractivity contribution < 1.29 is 9.53 Å². The lowest BCUT2D eigenvalue weighted by Crippen LogP contribution is -2.29. The number of carbonyl (C=O) groups excluding carboxylic acids is 1. The van der Waals surface area contributed by atoms with Gasteiger partial charge in [-0.25, -0.2) is 0 Å². The number of carbonyl (C=O) groups is 1. The van der Waals surface area contributed by atoms with E-state index in [0.717, 1.165) is 29.5 Å². The van der Waals surface area contributed by atoms with Gasteiger partial charge in [0.1, 0.15) is 5.60 Å². The van der Waals surface area contributed by atoms with E-state index in [2.05, 4.69) is 12.1 Å². The quantitative estimate of drug-likeness (QED) is 0.632. The van der Waals surface area contributed by atoms with Gasteiger partial charge in [0.25, 0.3) is 0 Å². The maximum atomic E-state index is 13.1. The predicted molar refractivity (Wildman–Crippen MR) is 98.7 cm³/mol. The summed E-state index contributed by atoms with van der Waals surface area (Å²) in [7, 11) is 0. The Bertz CT molecular complexity index is 863. The number of benzene rings is 3. The van der Waals surface area contributed by atoms with Gasteiger partial charge in [-0.2, -0.15) is 0 Å². The number of hydrogen-bond donors (Lipinski definition) is 0. The molecule has 4 rings (SSSR count). The molecule has 0 amide bonds. The minimum atomic E-state index is -0.539. The third-order valence-electron chi connectivity index (χ3n) is 4.90. The van der Waals surface area contributed by atoms with Crippen LogP contribution in [0, 0.1) is 0 Å². The van der Waals surface area contributed by atoms with Gasteiger partial charge in [0.05, 0.1) is 0 Å². The Morgan fingerprint density at radius 2 is 1.44 bits per heavy atom. The lowest BCUT2D eigenvalue weighted by Gasteiger charge is -2.31. The Balaban J connectivity index is 1.87. The molecule has 0 bridgehead atoms. The highest BCUT2D eigenvalue weighted by Crippen LogP contribution is 2.43. The van der Waals surface area contributed by atoms with Gasteiger partial charge in [-0.15, -0.1) is 0 Å². The van der Waals surface area contributed by atoms with E-state index in [1.165, 1.54) is 0 Å². The molecule has 0 spiro atoms. The van der Waals surface area contributed by atoms with Crippen LogP contribution in [-0.4, -0.2) is 12.4 Å². The first-order chi connectivity index (χ1) is 12.3. The zero-order valence-electron chi connectivity index (χ0n) is 14.0. The number of rotatable bonds is 4. The highest BCUT2D eigenvalue weighted by molar-refractivity contribution is 6.10. The molecule has 3 aromatic carbocycles. The molecule has 1 aliphatic heterocycles. The smallest absolute Gasteiger partial charge is 0.193 e. The Morgan fingerprint density at radius 3 is 2.12 bits per heavy atom. The fourth-order valence-corrected chi connectivity index (χ4v) is 3.72. The Morgan fingerprint density at radius 1 is 0.800 bits per heavy atom. The summed E-state index contributed by atoms with van der Waals surface area (Å²) in [5.74, 6) is 0.0435. The van der Waals surface area contributed by atoms with Crippen molar-refractivity contribution in [1.82, 2.24) is 0 Å². The summed E-state index contributed by atoms with van der Waals surface area (Å²) in [6, 6.07) is 27.6. The molecule has 1 fully saturated rings. The van der Waals surface area contributed by atoms with Gasteiger partial charge in [-0.05, 0) is 24.0 Å². The van der Waals surface area contributed by atoms with Crippen molar-refractivity contribution in [2.24, 2.45) is 0 Å². The van der Waals surface area contributed by atoms with E-state index >= 15 is 0 Å². The summed E-state index contributed by atoms with van der Waals surface area (Å²) in [5.41, 5.74) is 2.96. The van der Waals surface area contributed by atoms with Crippen molar-refractivity contribution in [2.75, 3.05) is 6.61 Å². The van der Waals surface area contributed by atoms with Gasteiger partial charge in [0, 0.05) is 17.7 Å². The first-order valence-electron chi connectivity index (χ1n) is 8.70. The Labute approximate surface area is 148 Å². The van der Waals surface area contributed by atoms with Crippen LogP contribution in [0.25, 0.3) is 0 Å². The molecule has 1 unspecified atom stereocenters. The minimum Gasteiger partial charge on any atom is -0.366 e. The molecular formula is C23H20O2. The number of ketones is 1. The van der Waals surface area contributed by atoms with Crippen LogP contribution in [0.2, 0.25) is 0 Å². The van der Waals surface area contributed by atoms with Gasteiger partial charge in [0.15, 0.2) is 5.78 Å². The first-order valence-corrected chi connectivity index (χ1v) is 8.70. The SMILES string of the molecule is O=C(c1ccccc1)c1ccccc1C1(c2ccccc2)CCCO1. The molecule has 0 aromatic heterocycles. The Hall–Kier alpha value is -2.71. The molecule has 0 radical (unpaired) electrons. The monoisotopic (exact) mass is 328 g/mol. The lowest BCUT2D eigenvalue weighted by atomic mass is 9.80. The molecule has 1 atom stereocenters.